The summed E-state index contributed by atoms with van der Waals surface area (Å²) in [5.41, 5.74) is 4.03. The average Bonchev–Trinajstić information content (AvgIpc) is 2.48. The summed E-state index contributed by atoms with van der Waals surface area (Å²) in [7, 11) is 0. The van der Waals surface area contributed by atoms with Crippen LogP contribution >= 0.6 is 11.6 Å². The number of rotatable bonds is 7. The van der Waals surface area contributed by atoms with Crippen molar-refractivity contribution in [3.8, 4) is 0 Å². The molecular formula is C19H24ClN. The Labute approximate surface area is 133 Å². The minimum absolute atomic E-state index is 0.337. The molecule has 0 spiro atoms. The molecule has 2 aromatic carbocycles. The Balaban J connectivity index is 2.14. The van der Waals surface area contributed by atoms with Crippen LogP contribution in [0.2, 0.25) is 5.02 Å². The first kappa shape index (κ1) is 16.1. The van der Waals surface area contributed by atoms with Crippen LogP contribution in [0.3, 0.4) is 0 Å². The summed E-state index contributed by atoms with van der Waals surface area (Å²) in [6.45, 7) is 5.33. The van der Waals surface area contributed by atoms with Gasteiger partial charge in [0.25, 0.3) is 0 Å². The van der Waals surface area contributed by atoms with Gasteiger partial charge in [-0.3, -0.25) is 0 Å². The second-order valence-electron chi connectivity index (χ2n) is 5.44. The van der Waals surface area contributed by atoms with Crippen LogP contribution in [-0.4, -0.2) is 6.54 Å². The molecule has 112 valence electrons. The molecule has 2 heteroatoms. The monoisotopic (exact) mass is 301 g/mol. The molecule has 0 radical (unpaired) electrons. The molecule has 0 aliphatic carbocycles. The highest BCUT2D eigenvalue weighted by Gasteiger charge is 2.11. The van der Waals surface area contributed by atoms with E-state index in [1.807, 2.05) is 12.1 Å². The maximum absolute atomic E-state index is 6.09. The molecule has 1 atom stereocenters. The molecule has 0 aromatic heterocycles. The van der Waals surface area contributed by atoms with Crippen LogP contribution < -0.4 is 5.32 Å². The number of benzene rings is 2. The van der Waals surface area contributed by atoms with Gasteiger partial charge >= 0.3 is 0 Å². The van der Waals surface area contributed by atoms with Crippen molar-refractivity contribution in [1.29, 1.82) is 0 Å². The molecule has 0 fully saturated rings. The zero-order valence-corrected chi connectivity index (χ0v) is 13.7. The lowest BCUT2D eigenvalue weighted by atomic mass is 9.97. The summed E-state index contributed by atoms with van der Waals surface area (Å²) in [5.74, 6) is 0. The van der Waals surface area contributed by atoms with E-state index in [1.54, 1.807) is 0 Å². The van der Waals surface area contributed by atoms with Gasteiger partial charge in [0.1, 0.15) is 0 Å². The molecule has 0 aliphatic heterocycles. The van der Waals surface area contributed by atoms with Gasteiger partial charge in [0.05, 0.1) is 0 Å². The fourth-order valence-corrected chi connectivity index (χ4v) is 2.87. The third-order valence-electron chi connectivity index (χ3n) is 3.70. The van der Waals surface area contributed by atoms with Crippen molar-refractivity contribution in [2.75, 3.05) is 6.54 Å². The van der Waals surface area contributed by atoms with Crippen LogP contribution in [0.4, 0.5) is 0 Å². The molecule has 0 saturated carbocycles. The van der Waals surface area contributed by atoms with Crippen LogP contribution in [-0.2, 0) is 12.8 Å². The van der Waals surface area contributed by atoms with Gasteiger partial charge in [0, 0.05) is 11.1 Å². The zero-order chi connectivity index (χ0) is 15.1. The highest BCUT2D eigenvalue weighted by molar-refractivity contribution is 6.30. The molecule has 0 amide bonds. The summed E-state index contributed by atoms with van der Waals surface area (Å²) in [5, 5.41) is 4.38. The van der Waals surface area contributed by atoms with Gasteiger partial charge in [-0.25, -0.2) is 0 Å². The largest absolute Gasteiger partial charge is 0.310 e. The standard InChI is InChI=1S/C19H24ClN/c1-3-6-15-9-11-17(12-10-15)19(21-4-2)14-16-7-5-8-18(20)13-16/h5,7-13,19,21H,3-4,6,14H2,1-2H3. The molecule has 1 nitrogen and oxygen atoms in total. The number of hydrogen-bond donors (Lipinski definition) is 1. The molecular weight excluding hydrogens is 278 g/mol. The Morgan fingerprint density at radius 1 is 1.00 bits per heavy atom. The van der Waals surface area contributed by atoms with E-state index in [9.17, 15) is 0 Å². The second-order valence-corrected chi connectivity index (χ2v) is 5.87. The second kappa shape index (κ2) is 8.21. The molecule has 0 saturated heterocycles. The fraction of sp³-hybridized carbons (Fsp3) is 0.368. The number of likely N-dealkylation sites (N-methyl/N-ethyl adjacent to an activating group) is 1. The minimum atomic E-state index is 0.337. The van der Waals surface area contributed by atoms with Gasteiger partial charge in [-0.1, -0.05) is 68.3 Å². The maximum atomic E-state index is 6.09. The molecule has 2 rings (SSSR count). The molecule has 21 heavy (non-hydrogen) atoms. The fourth-order valence-electron chi connectivity index (χ4n) is 2.66. The zero-order valence-electron chi connectivity index (χ0n) is 12.9. The van der Waals surface area contributed by atoms with Crippen molar-refractivity contribution in [3.63, 3.8) is 0 Å². The lowest BCUT2D eigenvalue weighted by Gasteiger charge is -2.19. The van der Waals surface area contributed by atoms with Crippen molar-refractivity contribution in [2.45, 2.75) is 39.2 Å². The van der Waals surface area contributed by atoms with E-state index in [0.717, 1.165) is 24.4 Å². The molecule has 2 aromatic rings. The highest BCUT2D eigenvalue weighted by Crippen LogP contribution is 2.21. The normalized spacial score (nSPS) is 12.3. The number of halogens is 1. The van der Waals surface area contributed by atoms with Crippen molar-refractivity contribution < 1.29 is 0 Å². The lowest BCUT2D eigenvalue weighted by Crippen LogP contribution is -2.23. The van der Waals surface area contributed by atoms with Gasteiger partial charge in [0.15, 0.2) is 0 Å². The third kappa shape index (κ3) is 4.87. The van der Waals surface area contributed by atoms with Gasteiger partial charge in [-0.15, -0.1) is 0 Å². The first-order valence-electron chi connectivity index (χ1n) is 7.79. The molecule has 1 N–H and O–H groups in total. The molecule has 0 aliphatic rings. The number of nitrogens with one attached hydrogen (secondary N) is 1. The Hall–Kier alpha value is -1.31. The van der Waals surface area contributed by atoms with E-state index in [4.69, 9.17) is 11.6 Å². The van der Waals surface area contributed by atoms with Crippen LogP contribution in [0.15, 0.2) is 48.5 Å². The third-order valence-corrected chi connectivity index (χ3v) is 3.94. The molecule has 0 bridgehead atoms. The van der Waals surface area contributed by atoms with Crippen molar-refractivity contribution in [1.82, 2.24) is 5.32 Å². The summed E-state index contributed by atoms with van der Waals surface area (Å²) >= 11 is 6.09. The SMILES string of the molecule is CCCc1ccc(C(Cc2cccc(Cl)c2)NCC)cc1. The van der Waals surface area contributed by atoms with Gasteiger partial charge in [-0.05, 0) is 48.2 Å². The van der Waals surface area contributed by atoms with Gasteiger partial charge in [-0.2, -0.15) is 0 Å². The smallest absolute Gasteiger partial charge is 0.0408 e. The van der Waals surface area contributed by atoms with Crippen LogP contribution in [0, 0.1) is 0 Å². The Morgan fingerprint density at radius 3 is 2.38 bits per heavy atom. The quantitative estimate of drug-likeness (QED) is 0.742. The van der Waals surface area contributed by atoms with Crippen molar-refractivity contribution >= 4 is 11.6 Å². The molecule has 0 heterocycles. The van der Waals surface area contributed by atoms with E-state index in [0.29, 0.717) is 6.04 Å². The summed E-state index contributed by atoms with van der Waals surface area (Å²) < 4.78 is 0. The lowest BCUT2D eigenvalue weighted by molar-refractivity contribution is 0.549. The number of aryl methyl sites for hydroxylation is 1. The first-order valence-corrected chi connectivity index (χ1v) is 8.17. The Kier molecular flexibility index (Phi) is 6.28. The average molecular weight is 302 g/mol. The topological polar surface area (TPSA) is 12.0 Å². The van der Waals surface area contributed by atoms with Crippen LogP contribution in [0.1, 0.15) is 43.0 Å². The van der Waals surface area contributed by atoms with Crippen LogP contribution in [0.5, 0.6) is 0 Å². The van der Waals surface area contributed by atoms with Crippen molar-refractivity contribution in [3.05, 3.63) is 70.2 Å². The summed E-state index contributed by atoms with van der Waals surface area (Å²) in [6, 6.07) is 17.5. The van der Waals surface area contributed by atoms with E-state index < -0.39 is 0 Å². The summed E-state index contributed by atoms with van der Waals surface area (Å²) in [6.07, 6.45) is 3.31. The Morgan fingerprint density at radius 2 is 1.76 bits per heavy atom. The van der Waals surface area contributed by atoms with E-state index in [-0.39, 0.29) is 0 Å². The van der Waals surface area contributed by atoms with Gasteiger partial charge < -0.3 is 5.32 Å². The van der Waals surface area contributed by atoms with E-state index in [1.165, 1.54) is 23.1 Å². The highest BCUT2D eigenvalue weighted by atomic mass is 35.5. The Bertz CT molecular complexity index is 548. The van der Waals surface area contributed by atoms with Gasteiger partial charge in [0.2, 0.25) is 0 Å². The van der Waals surface area contributed by atoms with Crippen LogP contribution in [0.25, 0.3) is 0 Å². The predicted molar refractivity (Wildman–Crippen MR) is 92.0 cm³/mol. The summed E-state index contributed by atoms with van der Waals surface area (Å²) in [4.78, 5) is 0. The maximum Gasteiger partial charge on any atom is 0.0408 e. The molecule has 1 unspecified atom stereocenters. The van der Waals surface area contributed by atoms with Crippen molar-refractivity contribution in [2.24, 2.45) is 0 Å². The first-order chi connectivity index (χ1) is 10.2. The van der Waals surface area contributed by atoms with E-state index >= 15 is 0 Å². The number of hydrogen-bond acceptors (Lipinski definition) is 1. The van der Waals surface area contributed by atoms with E-state index in [2.05, 4.69) is 55.6 Å². The minimum Gasteiger partial charge on any atom is -0.310 e. The predicted octanol–water partition coefficient (Wildman–Crippen LogP) is 5.19.